The van der Waals surface area contributed by atoms with E-state index in [4.69, 9.17) is 5.73 Å². The molecular weight excluding hydrogens is 252 g/mol. The molecule has 0 aromatic heterocycles. The van der Waals surface area contributed by atoms with Crippen molar-refractivity contribution >= 4 is 17.8 Å². The fraction of sp³-hybridized carbons (Fsp3) is 0.750. The van der Waals surface area contributed by atoms with Gasteiger partial charge in [0.15, 0.2) is 0 Å². The van der Waals surface area contributed by atoms with Crippen LogP contribution in [0.25, 0.3) is 0 Å². The van der Waals surface area contributed by atoms with Gasteiger partial charge in [-0.3, -0.25) is 14.4 Å². The van der Waals surface area contributed by atoms with Crippen LogP contribution in [0, 0.1) is 5.92 Å². The lowest BCUT2D eigenvalue weighted by Gasteiger charge is -2.18. The van der Waals surface area contributed by atoms with Gasteiger partial charge in [0.2, 0.25) is 11.8 Å². The molecule has 0 aliphatic rings. The smallest absolute Gasteiger partial charge is 0.305 e. The first-order valence-electron chi connectivity index (χ1n) is 6.12. The molecule has 0 fully saturated rings. The maximum Gasteiger partial charge on any atom is 0.305 e. The summed E-state index contributed by atoms with van der Waals surface area (Å²) in [5.41, 5.74) is 5.13. The Morgan fingerprint density at radius 2 is 1.89 bits per heavy atom. The molecule has 0 saturated heterocycles. The summed E-state index contributed by atoms with van der Waals surface area (Å²) >= 11 is 0. The summed E-state index contributed by atoms with van der Waals surface area (Å²) in [5, 5.41) is 11.9. The Labute approximate surface area is 112 Å². The maximum atomic E-state index is 11.6. The Morgan fingerprint density at radius 1 is 1.32 bits per heavy atom. The highest BCUT2D eigenvalue weighted by Crippen LogP contribution is 2.06. The summed E-state index contributed by atoms with van der Waals surface area (Å²) in [6.07, 6.45) is -0.902. The van der Waals surface area contributed by atoms with Gasteiger partial charge in [-0.15, -0.1) is 0 Å². The average Bonchev–Trinajstić information content (AvgIpc) is 2.32. The first kappa shape index (κ1) is 17.4. The van der Waals surface area contributed by atoms with E-state index in [1.165, 1.54) is 7.11 Å². The van der Waals surface area contributed by atoms with Crippen LogP contribution in [-0.4, -0.2) is 42.1 Å². The number of hydrogen-bond acceptors (Lipinski definition) is 5. The van der Waals surface area contributed by atoms with E-state index >= 15 is 0 Å². The van der Waals surface area contributed by atoms with Crippen LogP contribution in [0.1, 0.15) is 33.1 Å². The molecule has 7 nitrogen and oxygen atoms in total. The van der Waals surface area contributed by atoms with Crippen LogP contribution in [0.4, 0.5) is 0 Å². The molecule has 0 aliphatic heterocycles. The van der Waals surface area contributed by atoms with Crippen LogP contribution in [-0.2, 0) is 19.1 Å². The van der Waals surface area contributed by atoms with Crippen molar-refractivity contribution in [2.24, 2.45) is 11.7 Å². The second-order valence-electron chi connectivity index (χ2n) is 4.72. The third kappa shape index (κ3) is 7.40. The zero-order valence-corrected chi connectivity index (χ0v) is 11.5. The van der Waals surface area contributed by atoms with Crippen LogP contribution in [0.15, 0.2) is 0 Å². The van der Waals surface area contributed by atoms with Crippen molar-refractivity contribution in [3.8, 4) is 0 Å². The van der Waals surface area contributed by atoms with Gasteiger partial charge in [-0.25, -0.2) is 0 Å². The SMILES string of the molecule is COC(=O)CC[C@@H](NC(=O)[C@@H](O)CC(C)C)C(N)=O. The predicted octanol–water partition coefficient (Wildman–Crippen LogP) is -0.683. The van der Waals surface area contributed by atoms with Gasteiger partial charge in [0.25, 0.3) is 0 Å². The summed E-state index contributed by atoms with van der Waals surface area (Å²) in [5.74, 6) is -1.78. The number of carbonyl (C=O) groups excluding carboxylic acids is 3. The molecule has 0 aromatic carbocycles. The summed E-state index contributed by atoms with van der Waals surface area (Å²) in [6, 6.07) is -0.992. The van der Waals surface area contributed by atoms with Crippen LogP contribution in [0.3, 0.4) is 0 Å². The number of aliphatic hydroxyl groups excluding tert-OH is 1. The summed E-state index contributed by atoms with van der Waals surface area (Å²) < 4.78 is 4.43. The zero-order chi connectivity index (χ0) is 15.0. The standard InChI is InChI=1S/C12H22N2O5/c1-7(2)6-9(15)12(18)14-8(11(13)17)4-5-10(16)19-3/h7-9,15H,4-6H2,1-3H3,(H2,13,17)(H,14,18)/t8-,9+/m1/s1. The Kier molecular flexibility index (Phi) is 7.74. The lowest BCUT2D eigenvalue weighted by atomic mass is 10.0. The van der Waals surface area contributed by atoms with E-state index in [2.05, 4.69) is 10.1 Å². The van der Waals surface area contributed by atoms with Gasteiger partial charge in [0.1, 0.15) is 12.1 Å². The Bertz CT molecular complexity index is 330. The number of aliphatic hydroxyl groups is 1. The molecule has 0 spiro atoms. The lowest BCUT2D eigenvalue weighted by molar-refractivity contribution is -0.141. The second kappa shape index (κ2) is 8.47. The minimum absolute atomic E-state index is 0.0370. The first-order valence-corrected chi connectivity index (χ1v) is 6.12. The van der Waals surface area contributed by atoms with Crippen LogP contribution >= 0.6 is 0 Å². The van der Waals surface area contributed by atoms with Crippen molar-refractivity contribution in [2.45, 2.75) is 45.3 Å². The van der Waals surface area contributed by atoms with Gasteiger partial charge in [-0.1, -0.05) is 13.8 Å². The summed E-state index contributed by atoms with van der Waals surface area (Å²) in [6.45, 7) is 3.72. The van der Waals surface area contributed by atoms with Crippen molar-refractivity contribution in [2.75, 3.05) is 7.11 Å². The van der Waals surface area contributed by atoms with E-state index in [0.29, 0.717) is 0 Å². The third-order valence-electron chi connectivity index (χ3n) is 2.52. The number of methoxy groups -OCH3 is 1. The van der Waals surface area contributed by atoms with Gasteiger partial charge >= 0.3 is 5.97 Å². The van der Waals surface area contributed by atoms with Gasteiger partial charge in [0, 0.05) is 6.42 Å². The zero-order valence-electron chi connectivity index (χ0n) is 11.5. The molecule has 4 N–H and O–H groups in total. The number of nitrogens with two attached hydrogens (primary N) is 1. The molecule has 2 atom stereocenters. The van der Waals surface area contributed by atoms with Crippen molar-refractivity contribution in [3.63, 3.8) is 0 Å². The van der Waals surface area contributed by atoms with E-state index in [-0.39, 0.29) is 25.2 Å². The number of hydrogen-bond donors (Lipinski definition) is 3. The topological polar surface area (TPSA) is 119 Å². The molecule has 2 amide bonds. The number of ether oxygens (including phenoxy) is 1. The molecule has 19 heavy (non-hydrogen) atoms. The largest absolute Gasteiger partial charge is 0.469 e. The predicted molar refractivity (Wildman–Crippen MR) is 67.8 cm³/mol. The van der Waals surface area contributed by atoms with Crippen LogP contribution in [0.2, 0.25) is 0 Å². The molecular formula is C12H22N2O5. The van der Waals surface area contributed by atoms with E-state index in [1.807, 2.05) is 13.8 Å². The molecule has 0 radical (unpaired) electrons. The van der Waals surface area contributed by atoms with Gasteiger partial charge in [-0.2, -0.15) is 0 Å². The van der Waals surface area contributed by atoms with Crippen molar-refractivity contribution < 1.29 is 24.2 Å². The van der Waals surface area contributed by atoms with Crippen molar-refractivity contribution in [1.29, 1.82) is 0 Å². The van der Waals surface area contributed by atoms with E-state index in [1.54, 1.807) is 0 Å². The highest BCUT2D eigenvalue weighted by molar-refractivity contribution is 5.88. The quantitative estimate of drug-likeness (QED) is 0.506. The molecule has 0 saturated carbocycles. The van der Waals surface area contributed by atoms with Crippen molar-refractivity contribution in [3.05, 3.63) is 0 Å². The minimum Gasteiger partial charge on any atom is -0.469 e. The second-order valence-corrected chi connectivity index (χ2v) is 4.72. The van der Waals surface area contributed by atoms with E-state index < -0.39 is 29.9 Å². The number of primary amides is 1. The summed E-state index contributed by atoms with van der Waals surface area (Å²) in [7, 11) is 1.23. The molecule has 7 heteroatoms. The van der Waals surface area contributed by atoms with Gasteiger partial charge in [0.05, 0.1) is 7.11 Å². The minimum atomic E-state index is -1.19. The van der Waals surface area contributed by atoms with Gasteiger partial charge < -0.3 is 20.9 Å². The fourth-order valence-corrected chi connectivity index (χ4v) is 1.47. The molecule has 0 heterocycles. The third-order valence-corrected chi connectivity index (χ3v) is 2.52. The maximum absolute atomic E-state index is 11.6. The fourth-order valence-electron chi connectivity index (χ4n) is 1.47. The number of amides is 2. The highest BCUT2D eigenvalue weighted by atomic mass is 16.5. The average molecular weight is 274 g/mol. The van der Waals surface area contributed by atoms with Crippen LogP contribution < -0.4 is 11.1 Å². The molecule has 0 rings (SSSR count). The number of rotatable bonds is 8. The number of carbonyl (C=O) groups is 3. The molecule has 0 bridgehead atoms. The van der Waals surface area contributed by atoms with E-state index in [0.717, 1.165) is 0 Å². The van der Waals surface area contributed by atoms with Gasteiger partial charge in [-0.05, 0) is 18.8 Å². The molecule has 0 aromatic rings. The number of nitrogens with one attached hydrogen (secondary N) is 1. The van der Waals surface area contributed by atoms with Crippen molar-refractivity contribution in [1.82, 2.24) is 5.32 Å². The lowest BCUT2D eigenvalue weighted by Crippen LogP contribution is -2.48. The van der Waals surface area contributed by atoms with E-state index in [9.17, 15) is 19.5 Å². The molecule has 0 unspecified atom stereocenters. The Hall–Kier alpha value is -1.63. The van der Waals surface area contributed by atoms with Crippen LogP contribution in [0.5, 0.6) is 0 Å². The Balaban J connectivity index is 4.37. The number of esters is 1. The highest BCUT2D eigenvalue weighted by Gasteiger charge is 2.23. The molecule has 0 aliphatic carbocycles. The molecule has 110 valence electrons. The Morgan fingerprint density at radius 3 is 2.32 bits per heavy atom. The monoisotopic (exact) mass is 274 g/mol. The first-order chi connectivity index (χ1) is 8.77. The normalized spacial score (nSPS) is 13.7. The summed E-state index contributed by atoms with van der Waals surface area (Å²) in [4.78, 5) is 33.7.